The van der Waals surface area contributed by atoms with Gasteiger partial charge in [-0.3, -0.25) is 4.79 Å². The van der Waals surface area contributed by atoms with Crippen molar-refractivity contribution in [2.24, 2.45) is 0 Å². The Labute approximate surface area is 135 Å². The van der Waals surface area contributed by atoms with Gasteiger partial charge in [-0.2, -0.15) is 5.10 Å². The van der Waals surface area contributed by atoms with Gasteiger partial charge < -0.3 is 14.8 Å². The number of benzene rings is 2. The van der Waals surface area contributed by atoms with Gasteiger partial charge in [-0.15, -0.1) is 0 Å². The van der Waals surface area contributed by atoms with E-state index in [4.69, 9.17) is 9.47 Å². The Morgan fingerprint density at radius 2 is 2.04 bits per heavy atom. The summed E-state index contributed by atoms with van der Waals surface area (Å²) >= 11 is 0. The van der Waals surface area contributed by atoms with Crippen molar-refractivity contribution >= 4 is 11.6 Å². The van der Waals surface area contributed by atoms with Crippen LogP contribution in [0.25, 0.3) is 5.69 Å². The van der Waals surface area contributed by atoms with Gasteiger partial charge in [0, 0.05) is 11.3 Å². The molecule has 8 heteroatoms. The molecular formula is C16H11FN4O3. The standard InChI is InChI=1S/C16H11FN4O3/c17-12-6-11(2-3-13(12)21-8-18-7-19-21)20-16(22)10-1-4-14-15(5-10)24-9-23-14/h1-8H,9H2,(H,20,22). The Balaban J connectivity index is 1.55. The Hall–Kier alpha value is -3.42. The molecule has 0 saturated carbocycles. The van der Waals surface area contributed by atoms with Crippen molar-refractivity contribution in [1.82, 2.24) is 14.8 Å². The zero-order chi connectivity index (χ0) is 16.5. The van der Waals surface area contributed by atoms with Gasteiger partial charge in [-0.05, 0) is 36.4 Å². The van der Waals surface area contributed by atoms with E-state index in [1.807, 2.05) is 0 Å². The molecule has 7 nitrogen and oxygen atoms in total. The number of hydrogen-bond donors (Lipinski definition) is 1. The summed E-state index contributed by atoms with van der Waals surface area (Å²) in [5.74, 6) is 0.204. The lowest BCUT2D eigenvalue weighted by Gasteiger charge is -2.08. The third kappa shape index (κ3) is 2.54. The summed E-state index contributed by atoms with van der Waals surface area (Å²) in [4.78, 5) is 16.1. The molecule has 1 amide bonds. The molecule has 24 heavy (non-hydrogen) atoms. The number of fused-ring (bicyclic) bond motifs is 1. The number of anilines is 1. The van der Waals surface area contributed by atoms with Crippen molar-refractivity contribution in [2.45, 2.75) is 0 Å². The first-order valence-electron chi connectivity index (χ1n) is 7.06. The number of ether oxygens (including phenoxy) is 2. The molecule has 2 heterocycles. The number of nitrogens with one attached hydrogen (secondary N) is 1. The zero-order valence-corrected chi connectivity index (χ0v) is 12.3. The molecule has 120 valence electrons. The molecule has 4 rings (SSSR count). The molecular weight excluding hydrogens is 315 g/mol. The van der Waals surface area contributed by atoms with Crippen molar-refractivity contribution < 1.29 is 18.7 Å². The van der Waals surface area contributed by atoms with Crippen LogP contribution in [0.4, 0.5) is 10.1 Å². The van der Waals surface area contributed by atoms with Gasteiger partial charge in [-0.25, -0.2) is 14.1 Å². The number of aromatic nitrogens is 3. The van der Waals surface area contributed by atoms with Gasteiger partial charge in [-0.1, -0.05) is 0 Å². The summed E-state index contributed by atoms with van der Waals surface area (Å²) in [6.45, 7) is 0.134. The quantitative estimate of drug-likeness (QED) is 0.799. The average Bonchev–Trinajstić information content (AvgIpc) is 3.25. The molecule has 1 aliphatic heterocycles. The third-order valence-electron chi connectivity index (χ3n) is 3.51. The molecule has 1 aliphatic rings. The van der Waals surface area contributed by atoms with Gasteiger partial charge in [0.1, 0.15) is 18.3 Å². The molecule has 0 bridgehead atoms. The lowest BCUT2D eigenvalue weighted by Crippen LogP contribution is -2.12. The van der Waals surface area contributed by atoms with E-state index in [1.54, 1.807) is 24.3 Å². The Bertz CT molecular complexity index is 912. The molecule has 1 N–H and O–H groups in total. The van der Waals surface area contributed by atoms with Crippen LogP contribution < -0.4 is 14.8 Å². The minimum atomic E-state index is -0.524. The normalized spacial score (nSPS) is 12.2. The predicted octanol–water partition coefficient (Wildman–Crippen LogP) is 2.39. The maximum atomic E-state index is 14.2. The summed E-state index contributed by atoms with van der Waals surface area (Å²) in [5, 5.41) is 6.51. The molecule has 0 aliphatic carbocycles. The van der Waals surface area contributed by atoms with E-state index in [1.165, 1.54) is 29.5 Å². The van der Waals surface area contributed by atoms with Crippen LogP contribution in [0.3, 0.4) is 0 Å². The largest absolute Gasteiger partial charge is 0.454 e. The van der Waals surface area contributed by atoms with Crippen LogP contribution in [-0.2, 0) is 0 Å². The Morgan fingerprint density at radius 1 is 1.17 bits per heavy atom. The van der Waals surface area contributed by atoms with Crippen LogP contribution in [0.1, 0.15) is 10.4 Å². The predicted molar refractivity (Wildman–Crippen MR) is 81.8 cm³/mol. The SMILES string of the molecule is O=C(Nc1ccc(-n2cncn2)c(F)c1)c1ccc2c(c1)OCO2. The van der Waals surface area contributed by atoms with E-state index in [-0.39, 0.29) is 18.4 Å². The van der Waals surface area contributed by atoms with E-state index < -0.39 is 5.82 Å². The second kappa shape index (κ2) is 5.65. The highest BCUT2D eigenvalue weighted by Crippen LogP contribution is 2.32. The minimum Gasteiger partial charge on any atom is -0.454 e. The molecule has 0 saturated heterocycles. The van der Waals surface area contributed by atoms with Crippen LogP contribution in [0.5, 0.6) is 11.5 Å². The minimum absolute atomic E-state index is 0.134. The lowest BCUT2D eigenvalue weighted by atomic mass is 10.2. The monoisotopic (exact) mass is 326 g/mol. The fourth-order valence-corrected chi connectivity index (χ4v) is 2.34. The molecule has 0 unspecified atom stereocenters. The summed E-state index contributed by atoms with van der Waals surface area (Å²) in [6.07, 6.45) is 2.71. The second-order valence-electron chi connectivity index (χ2n) is 5.03. The van der Waals surface area contributed by atoms with Crippen LogP contribution in [-0.4, -0.2) is 27.5 Å². The number of hydrogen-bond acceptors (Lipinski definition) is 5. The van der Waals surface area contributed by atoms with Crippen LogP contribution in [0.2, 0.25) is 0 Å². The van der Waals surface area contributed by atoms with Gasteiger partial charge in [0.05, 0.1) is 0 Å². The molecule has 0 atom stereocenters. The number of rotatable bonds is 3. The summed E-state index contributed by atoms with van der Waals surface area (Å²) in [6, 6.07) is 9.18. The average molecular weight is 326 g/mol. The number of nitrogens with zero attached hydrogens (tertiary/aromatic N) is 3. The molecule has 0 fully saturated rings. The van der Waals surface area contributed by atoms with Crippen LogP contribution in [0.15, 0.2) is 49.1 Å². The van der Waals surface area contributed by atoms with Crippen molar-refractivity contribution in [1.29, 1.82) is 0 Å². The Kier molecular flexibility index (Phi) is 3.34. The van der Waals surface area contributed by atoms with Crippen molar-refractivity contribution in [2.75, 3.05) is 12.1 Å². The number of carbonyl (C=O) groups excluding carboxylic acids is 1. The first-order chi connectivity index (χ1) is 11.7. The summed E-state index contributed by atoms with van der Waals surface area (Å²) in [7, 11) is 0. The molecule has 0 radical (unpaired) electrons. The highest BCUT2D eigenvalue weighted by molar-refractivity contribution is 6.04. The van der Waals surface area contributed by atoms with Crippen LogP contribution >= 0.6 is 0 Å². The van der Waals surface area contributed by atoms with E-state index in [2.05, 4.69) is 15.4 Å². The van der Waals surface area contributed by atoms with E-state index in [0.717, 1.165) is 0 Å². The molecule has 1 aromatic heterocycles. The topological polar surface area (TPSA) is 78.3 Å². The fraction of sp³-hybridized carbons (Fsp3) is 0.0625. The van der Waals surface area contributed by atoms with Crippen molar-refractivity contribution in [3.05, 3.63) is 60.4 Å². The maximum Gasteiger partial charge on any atom is 0.255 e. The number of amides is 1. The van der Waals surface area contributed by atoms with Gasteiger partial charge in [0.15, 0.2) is 17.3 Å². The molecule has 0 spiro atoms. The Morgan fingerprint density at radius 3 is 2.83 bits per heavy atom. The number of halogens is 1. The highest BCUT2D eigenvalue weighted by atomic mass is 19.1. The van der Waals surface area contributed by atoms with Crippen LogP contribution in [0, 0.1) is 5.82 Å². The second-order valence-corrected chi connectivity index (χ2v) is 5.03. The fourth-order valence-electron chi connectivity index (χ4n) is 2.34. The summed E-state index contributed by atoms with van der Waals surface area (Å²) < 4.78 is 25.9. The smallest absolute Gasteiger partial charge is 0.255 e. The zero-order valence-electron chi connectivity index (χ0n) is 12.3. The van der Waals surface area contributed by atoms with Gasteiger partial charge in [0.2, 0.25) is 6.79 Å². The van der Waals surface area contributed by atoms with E-state index in [9.17, 15) is 9.18 Å². The maximum absolute atomic E-state index is 14.2. The lowest BCUT2D eigenvalue weighted by molar-refractivity contribution is 0.102. The molecule has 2 aromatic carbocycles. The molecule has 3 aromatic rings. The first-order valence-corrected chi connectivity index (χ1v) is 7.06. The third-order valence-corrected chi connectivity index (χ3v) is 3.51. The van der Waals surface area contributed by atoms with Crippen molar-refractivity contribution in [3.8, 4) is 17.2 Å². The van der Waals surface area contributed by atoms with Crippen molar-refractivity contribution in [3.63, 3.8) is 0 Å². The number of carbonyl (C=O) groups is 1. The van der Waals surface area contributed by atoms with Gasteiger partial charge in [0.25, 0.3) is 5.91 Å². The first kappa shape index (κ1) is 14.2. The summed E-state index contributed by atoms with van der Waals surface area (Å²) in [5.41, 5.74) is 0.965. The van der Waals surface area contributed by atoms with Gasteiger partial charge >= 0.3 is 0 Å². The van der Waals surface area contributed by atoms with E-state index >= 15 is 0 Å². The van der Waals surface area contributed by atoms with E-state index in [0.29, 0.717) is 22.7 Å². The highest BCUT2D eigenvalue weighted by Gasteiger charge is 2.16.